The lowest BCUT2D eigenvalue weighted by Crippen LogP contribution is -2.39. The van der Waals surface area contributed by atoms with E-state index in [1.807, 2.05) is 0 Å². The van der Waals surface area contributed by atoms with Crippen molar-refractivity contribution in [2.45, 2.75) is 38.6 Å². The third-order valence-corrected chi connectivity index (χ3v) is 3.58. The molecule has 2 fully saturated rings. The molecule has 1 unspecified atom stereocenters. The zero-order chi connectivity index (χ0) is 9.10. The summed E-state index contributed by atoms with van der Waals surface area (Å²) in [5.74, 6) is 0.925. The first-order valence-corrected chi connectivity index (χ1v) is 5.81. The van der Waals surface area contributed by atoms with Crippen LogP contribution < -0.4 is 5.32 Å². The van der Waals surface area contributed by atoms with Crippen LogP contribution in [0, 0.1) is 5.92 Å². The highest BCUT2D eigenvalue weighted by molar-refractivity contribution is 4.79. The maximum Gasteiger partial charge on any atom is 0.00675 e. The van der Waals surface area contributed by atoms with Gasteiger partial charge in [0.2, 0.25) is 0 Å². The van der Waals surface area contributed by atoms with Crippen molar-refractivity contribution in [2.75, 3.05) is 26.2 Å². The van der Waals surface area contributed by atoms with Crippen molar-refractivity contribution in [1.29, 1.82) is 0 Å². The van der Waals surface area contributed by atoms with Gasteiger partial charge in [0.15, 0.2) is 0 Å². The van der Waals surface area contributed by atoms with Crippen molar-refractivity contribution < 1.29 is 0 Å². The molecular weight excluding hydrogens is 160 g/mol. The zero-order valence-corrected chi connectivity index (χ0v) is 8.76. The monoisotopic (exact) mass is 182 g/mol. The van der Waals surface area contributed by atoms with Gasteiger partial charge in [0.25, 0.3) is 0 Å². The van der Waals surface area contributed by atoms with E-state index >= 15 is 0 Å². The number of rotatable bonds is 2. The summed E-state index contributed by atoms with van der Waals surface area (Å²) in [5, 5.41) is 3.50. The first-order chi connectivity index (χ1) is 6.36. The predicted octanol–water partition coefficient (Wildman–Crippen LogP) is 1.47. The van der Waals surface area contributed by atoms with Gasteiger partial charge < -0.3 is 10.2 Å². The zero-order valence-electron chi connectivity index (χ0n) is 8.76. The normalized spacial score (nSPS) is 36.7. The standard InChI is InChI=1S/C11H22N2/c1-10-4-3-7-13(10)9-11-5-2-6-12-8-11/h10-12H,2-9H2,1H3/t10?,11-/m1/s1. The molecule has 76 valence electrons. The summed E-state index contributed by atoms with van der Waals surface area (Å²) < 4.78 is 0. The van der Waals surface area contributed by atoms with Crippen LogP contribution >= 0.6 is 0 Å². The van der Waals surface area contributed by atoms with Gasteiger partial charge >= 0.3 is 0 Å². The Bertz CT molecular complexity index is 152. The Morgan fingerprint density at radius 3 is 2.85 bits per heavy atom. The molecule has 2 atom stereocenters. The summed E-state index contributed by atoms with van der Waals surface area (Å²) in [6.07, 6.45) is 5.66. The summed E-state index contributed by atoms with van der Waals surface area (Å²) in [4.78, 5) is 2.68. The van der Waals surface area contributed by atoms with Gasteiger partial charge in [-0.05, 0) is 58.2 Å². The van der Waals surface area contributed by atoms with E-state index in [1.54, 1.807) is 0 Å². The van der Waals surface area contributed by atoms with E-state index in [4.69, 9.17) is 0 Å². The van der Waals surface area contributed by atoms with Crippen LogP contribution in [0.3, 0.4) is 0 Å². The summed E-state index contributed by atoms with van der Waals surface area (Å²) in [5.41, 5.74) is 0. The number of nitrogens with one attached hydrogen (secondary N) is 1. The fourth-order valence-electron chi connectivity index (χ4n) is 2.68. The van der Waals surface area contributed by atoms with Crippen molar-refractivity contribution in [3.8, 4) is 0 Å². The highest BCUT2D eigenvalue weighted by Gasteiger charge is 2.23. The van der Waals surface area contributed by atoms with Gasteiger partial charge in [-0.2, -0.15) is 0 Å². The van der Waals surface area contributed by atoms with E-state index in [9.17, 15) is 0 Å². The van der Waals surface area contributed by atoms with Crippen molar-refractivity contribution in [2.24, 2.45) is 5.92 Å². The van der Waals surface area contributed by atoms with Crippen LogP contribution in [0.15, 0.2) is 0 Å². The van der Waals surface area contributed by atoms with Crippen LogP contribution in [-0.4, -0.2) is 37.1 Å². The Hall–Kier alpha value is -0.0800. The van der Waals surface area contributed by atoms with Crippen LogP contribution in [0.25, 0.3) is 0 Å². The summed E-state index contributed by atoms with van der Waals surface area (Å²) in [6.45, 7) is 7.56. The summed E-state index contributed by atoms with van der Waals surface area (Å²) in [6, 6.07) is 0.849. The van der Waals surface area contributed by atoms with Crippen molar-refractivity contribution >= 4 is 0 Å². The van der Waals surface area contributed by atoms with E-state index < -0.39 is 0 Å². The molecule has 0 bridgehead atoms. The third kappa shape index (κ3) is 2.44. The number of hydrogen-bond donors (Lipinski definition) is 1. The minimum atomic E-state index is 0.849. The predicted molar refractivity (Wildman–Crippen MR) is 55.9 cm³/mol. The highest BCUT2D eigenvalue weighted by atomic mass is 15.2. The molecular formula is C11H22N2. The molecule has 0 amide bonds. The average molecular weight is 182 g/mol. The molecule has 1 N–H and O–H groups in total. The largest absolute Gasteiger partial charge is 0.316 e. The van der Waals surface area contributed by atoms with Gasteiger partial charge in [-0.3, -0.25) is 0 Å². The molecule has 2 aliphatic rings. The van der Waals surface area contributed by atoms with Crippen LogP contribution in [0.4, 0.5) is 0 Å². The fraction of sp³-hybridized carbons (Fsp3) is 1.00. The van der Waals surface area contributed by atoms with E-state index in [1.165, 1.54) is 51.9 Å². The van der Waals surface area contributed by atoms with Gasteiger partial charge in [0.1, 0.15) is 0 Å². The Labute approximate surface area is 81.7 Å². The second kappa shape index (κ2) is 4.43. The maximum atomic E-state index is 3.50. The molecule has 0 saturated carbocycles. The topological polar surface area (TPSA) is 15.3 Å². The second-order valence-electron chi connectivity index (χ2n) is 4.70. The van der Waals surface area contributed by atoms with E-state index in [-0.39, 0.29) is 0 Å². The molecule has 0 aromatic rings. The highest BCUT2D eigenvalue weighted by Crippen LogP contribution is 2.20. The molecule has 2 saturated heterocycles. The molecule has 2 nitrogen and oxygen atoms in total. The number of piperidine rings is 1. The molecule has 0 aliphatic carbocycles. The van der Waals surface area contributed by atoms with Gasteiger partial charge in [0.05, 0.1) is 0 Å². The molecule has 13 heavy (non-hydrogen) atoms. The van der Waals surface area contributed by atoms with Crippen LogP contribution in [-0.2, 0) is 0 Å². The number of nitrogens with zero attached hydrogens (tertiary/aromatic N) is 1. The van der Waals surface area contributed by atoms with Crippen molar-refractivity contribution in [3.05, 3.63) is 0 Å². The van der Waals surface area contributed by atoms with Crippen molar-refractivity contribution in [1.82, 2.24) is 10.2 Å². The van der Waals surface area contributed by atoms with Crippen LogP contribution in [0.5, 0.6) is 0 Å². The van der Waals surface area contributed by atoms with Crippen molar-refractivity contribution in [3.63, 3.8) is 0 Å². The van der Waals surface area contributed by atoms with Gasteiger partial charge in [-0.15, -0.1) is 0 Å². The Balaban J connectivity index is 1.75. The van der Waals surface area contributed by atoms with Crippen LogP contribution in [0.1, 0.15) is 32.6 Å². The Morgan fingerprint density at radius 2 is 2.23 bits per heavy atom. The SMILES string of the molecule is CC1CCCN1C[C@@H]1CCCNC1. The van der Waals surface area contributed by atoms with Gasteiger partial charge in [0, 0.05) is 12.6 Å². The fourth-order valence-corrected chi connectivity index (χ4v) is 2.68. The average Bonchev–Trinajstić information content (AvgIpc) is 2.54. The lowest BCUT2D eigenvalue weighted by atomic mass is 9.99. The minimum absolute atomic E-state index is 0.849. The van der Waals surface area contributed by atoms with E-state index in [0.29, 0.717) is 0 Å². The smallest absolute Gasteiger partial charge is 0.00675 e. The Morgan fingerprint density at radius 1 is 1.31 bits per heavy atom. The number of hydrogen-bond acceptors (Lipinski definition) is 2. The summed E-state index contributed by atoms with van der Waals surface area (Å²) >= 11 is 0. The minimum Gasteiger partial charge on any atom is -0.316 e. The molecule has 0 spiro atoms. The van der Waals surface area contributed by atoms with E-state index in [0.717, 1.165) is 12.0 Å². The van der Waals surface area contributed by atoms with Crippen LogP contribution in [0.2, 0.25) is 0 Å². The number of likely N-dealkylation sites (tertiary alicyclic amines) is 1. The molecule has 0 aromatic heterocycles. The first kappa shape index (κ1) is 9.47. The maximum absolute atomic E-state index is 3.50. The lowest BCUT2D eigenvalue weighted by molar-refractivity contribution is 0.203. The lowest BCUT2D eigenvalue weighted by Gasteiger charge is -2.29. The van der Waals surface area contributed by atoms with E-state index in [2.05, 4.69) is 17.1 Å². The molecule has 0 radical (unpaired) electrons. The molecule has 2 rings (SSSR count). The van der Waals surface area contributed by atoms with Gasteiger partial charge in [-0.1, -0.05) is 0 Å². The molecule has 2 aliphatic heterocycles. The molecule has 2 heterocycles. The second-order valence-corrected chi connectivity index (χ2v) is 4.70. The quantitative estimate of drug-likeness (QED) is 0.695. The third-order valence-electron chi connectivity index (χ3n) is 3.58. The summed E-state index contributed by atoms with van der Waals surface area (Å²) in [7, 11) is 0. The first-order valence-electron chi connectivity index (χ1n) is 5.81. The molecule has 2 heteroatoms. The molecule has 0 aromatic carbocycles. The van der Waals surface area contributed by atoms with Gasteiger partial charge in [-0.25, -0.2) is 0 Å². The Kier molecular flexibility index (Phi) is 3.23.